The van der Waals surface area contributed by atoms with Crippen molar-refractivity contribution in [2.24, 2.45) is 4.99 Å². The van der Waals surface area contributed by atoms with E-state index in [0.717, 1.165) is 5.70 Å². The zero-order valence-electron chi connectivity index (χ0n) is 5.13. The van der Waals surface area contributed by atoms with E-state index in [1.807, 2.05) is 6.92 Å². The van der Waals surface area contributed by atoms with E-state index in [1.54, 1.807) is 19.3 Å². The molecule has 0 aromatic carbocycles. The second-order valence-corrected chi connectivity index (χ2v) is 1.31. The summed E-state index contributed by atoms with van der Waals surface area (Å²) < 4.78 is 0. The lowest BCUT2D eigenvalue weighted by atomic mass is 10.6. The molecule has 0 atom stereocenters. The molecule has 0 saturated carbocycles. The molecule has 0 aromatic rings. The van der Waals surface area contributed by atoms with E-state index in [9.17, 15) is 0 Å². The Balaban J connectivity index is 3.81. The largest absolute Gasteiger partial charge is 0.331 e. The molecule has 2 nitrogen and oxygen atoms in total. The van der Waals surface area contributed by atoms with Crippen LogP contribution in [0.5, 0.6) is 0 Å². The van der Waals surface area contributed by atoms with Gasteiger partial charge < -0.3 is 0 Å². The third kappa shape index (κ3) is 3.10. The number of allylic oxidation sites excluding steroid dienone is 1. The lowest BCUT2D eigenvalue weighted by Gasteiger charge is -1.66. The fraction of sp³-hybridized carbons (Fsp3) is 0.333. The van der Waals surface area contributed by atoms with Crippen molar-refractivity contribution in [1.29, 1.82) is 0 Å². The van der Waals surface area contributed by atoms with Gasteiger partial charge in [0.25, 0.3) is 6.57 Å². The Morgan fingerprint density at radius 1 is 1.75 bits per heavy atom. The molecule has 0 amide bonds. The van der Waals surface area contributed by atoms with Crippen molar-refractivity contribution < 1.29 is 0 Å². The number of nitrogens with zero attached hydrogens (tertiary/aromatic N) is 2. The fourth-order valence-corrected chi connectivity index (χ4v) is 0.216. The van der Waals surface area contributed by atoms with Crippen LogP contribution in [0, 0.1) is 6.57 Å². The van der Waals surface area contributed by atoms with Crippen molar-refractivity contribution in [2.45, 2.75) is 13.8 Å². The molecule has 0 bridgehead atoms. The number of hydrogen-bond acceptors (Lipinski definition) is 1. The molecule has 0 aliphatic rings. The Labute approximate surface area is 49.4 Å². The van der Waals surface area contributed by atoms with Gasteiger partial charge in [0.15, 0.2) is 0 Å². The van der Waals surface area contributed by atoms with Gasteiger partial charge in [0, 0.05) is 13.1 Å². The molecule has 0 aliphatic heterocycles. The van der Waals surface area contributed by atoms with Crippen molar-refractivity contribution in [3.63, 3.8) is 0 Å². The van der Waals surface area contributed by atoms with E-state index in [1.165, 1.54) is 0 Å². The van der Waals surface area contributed by atoms with Gasteiger partial charge in [-0.15, -0.1) is 0 Å². The first-order chi connectivity index (χ1) is 3.81. The Bertz CT molecular complexity index is 148. The van der Waals surface area contributed by atoms with Crippen molar-refractivity contribution in [3.8, 4) is 6.57 Å². The molecule has 0 unspecified atom stereocenters. The molecule has 0 heterocycles. The Morgan fingerprint density at radius 3 is 2.75 bits per heavy atom. The van der Waals surface area contributed by atoms with Crippen molar-refractivity contribution in [2.75, 3.05) is 0 Å². The van der Waals surface area contributed by atoms with Gasteiger partial charge in [-0.3, -0.25) is 4.99 Å². The summed E-state index contributed by atoms with van der Waals surface area (Å²) in [6, 6.07) is 0. The summed E-state index contributed by atoms with van der Waals surface area (Å²) >= 11 is 0. The summed E-state index contributed by atoms with van der Waals surface area (Å²) in [6.45, 7) is 8.51. The normalized spacial score (nSPS) is 11.9. The highest BCUT2D eigenvalue weighted by molar-refractivity contribution is 5.54. The zero-order chi connectivity index (χ0) is 6.41. The molecule has 2 heteroatoms. The minimum atomic E-state index is 0.725. The molecule has 42 valence electrons. The molecule has 0 spiro atoms. The standard InChI is InChI=1S/C6H9N2/c1-4-8-5-6(2)7-3/h3-5H,1-2H3/q+1. The molecular formula is C6H9N2+. The number of aliphatic imine (C=N–C) groups is 1. The van der Waals surface area contributed by atoms with E-state index >= 15 is 0 Å². The summed E-state index contributed by atoms with van der Waals surface area (Å²) in [6.07, 6.45) is 3.27. The summed E-state index contributed by atoms with van der Waals surface area (Å²) in [7, 11) is 0. The predicted octanol–water partition coefficient (Wildman–Crippen LogP) is 1.90. The molecule has 8 heavy (non-hydrogen) atoms. The maximum absolute atomic E-state index is 4.90. The molecule has 0 fully saturated rings. The smallest absolute Gasteiger partial charge is 0.262 e. The van der Waals surface area contributed by atoms with Crippen LogP contribution in [0.15, 0.2) is 16.9 Å². The quantitative estimate of drug-likeness (QED) is 0.457. The van der Waals surface area contributed by atoms with Crippen LogP contribution in [0.25, 0.3) is 4.85 Å². The lowest BCUT2D eigenvalue weighted by molar-refractivity contribution is 1.43. The fourth-order valence-electron chi connectivity index (χ4n) is 0.216. The van der Waals surface area contributed by atoms with Gasteiger partial charge in [-0.25, -0.2) is 0 Å². The van der Waals surface area contributed by atoms with Crippen molar-refractivity contribution in [1.82, 2.24) is 0 Å². The van der Waals surface area contributed by atoms with Crippen LogP contribution in [0.4, 0.5) is 0 Å². The number of rotatable bonds is 1. The van der Waals surface area contributed by atoms with E-state index in [0.29, 0.717) is 0 Å². The second-order valence-electron chi connectivity index (χ2n) is 1.31. The van der Waals surface area contributed by atoms with Crippen LogP contribution in [-0.2, 0) is 0 Å². The Morgan fingerprint density at radius 2 is 2.38 bits per heavy atom. The van der Waals surface area contributed by atoms with E-state index in [-0.39, 0.29) is 0 Å². The highest BCUT2D eigenvalue weighted by atomic mass is 14.7. The van der Waals surface area contributed by atoms with Crippen LogP contribution in [0.1, 0.15) is 13.8 Å². The van der Waals surface area contributed by atoms with Crippen LogP contribution < -0.4 is 0 Å². The van der Waals surface area contributed by atoms with Crippen LogP contribution in [0.3, 0.4) is 0 Å². The molecule has 0 aliphatic carbocycles. The summed E-state index contributed by atoms with van der Waals surface area (Å²) in [4.78, 5) is 7.16. The average Bonchev–Trinajstić information content (AvgIpc) is 1.83. The van der Waals surface area contributed by atoms with Gasteiger partial charge >= 0.3 is 5.70 Å². The van der Waals surface area contributed by atoms with Gasteiger partial charge in [-0.2, -0.15) is 0 Å². The first-order valence-electron chi connectivity index (χ1n) is 2.36. The molecule has 0 saturated heterocycles. The molecule has 0 N–H and O–H groups in total. The van der Waals surface area contributed by atoms with Crippen LogP contribution >= 0.6 is 0 Å². The third-order valence-electron chi connectivity index (χ3n) is 0.614. The van der Waals surface area contributed by atoms with Crippen molar-refractivity contribution >= 4 is 6.21 Å². The Hall–Kier alpha value is -1.10. The van der Waals surface area contributed by atoms with Gasteiger partial charge in [-0.1, -0.05) is 0 Å². The van der Waals surface area contributed by atoms with Gasteiger partial charge in [0.05, 0.1) is 0 Å². The zero-order valence-corrected chi connectivity index (χ0v) is 5.13. The average molecular weight is 109 g/mol. The van der Waals surface area contributed by atoms with Gasteiger partial charge in [-0.05, 0) is 11.8 Å². The molecular weight excluding hydrogens is 100 g/mol. The van der Waals surface area contributed by atoms with Crippen molar-refractivity contribution in [3.05, 3.63) is 16.7 Å². The SMILES string of the molecule is C#[N+]C(C)=CN=CC. The van der Waals surface area contributed by atoms with Gasteiger partial charge in [0.1, 0.15) is 6.20 Å². The number of hydrogen-bond donors (Lipinski definition) is 0. The topological polar surface area (TPSA) is 16.7 Å². The van der Waals surface area contributed by atoms with Crippen LogP contribution in [-0.4, -0.2) is 6.21 Å². The minimum Gasteiger partial charge on any atom is -0.262 e. The lowest BCUT2D eigenvalue weighted by Crippen LogP contribution is -1.60. The van der Waals surface area contributed by atoms with Crippen LogP contribution in [0.2, 0.25) is 0 Å². The maximum Gasteiger partial charge on any atom is 0.331 e. The predicted molar refractivity (Wildman–Crippen MR) is 36.2 cm³/mol. The Kier molecular flexibility index (Phi) is 3.51. The highest BCUT2D eigenvalue weighted by Gasteiger charge is 1.88. The summed E-state index contributed by atoms with van der Waals surface area (Å²) in [5.74, 6) is 0. The summed E-state index contributed by atoms with van der Waals surface area (Å²) in [5, 5.41) is 0. The maximum atomic E-state index is 4.90. The first-order valence-corrected chi connectivity index (χ1v) is 2.36. The van der Waals surface area contributed by atoms with Gasteiger partial charge in [0.2, 0.25) is 0 Å². The second kappa shape index (κ2) is 4.07. The highest BCUT2D eigenvalue weighted by Crippen LogP contribution is 1.90. The molecule has 0 aromatic heterocycles. The monoisotopic (exact) mass is 109 g/mol. The summed E-state index contributed by atoms with van der Waals surface area (Å²) in [5.41, 5.74) is 0.725. The molecule has 0 rings (SSSR count). The third-order valence-corrected chi connectivity index (χ3v) is 0.614. The van der Waals surface area contributed by atoms with E-state index in [2.05, 4.69) is 9.84 Å². The molecule has 0 radical (unpaired) electrons. The first kappa shape index (κ1) is 6.90. The minimum absolute atomic E-state index is 0.725. The van der Waals surface area contributed by atoms with E-state index in [4.69, 9.17) is 6.57 Å². The van der Waals surface area contributed by atoms with E-state index < -0.39 is 0 Å².